The van der Waals surface area contributed by atoms with Crippen molar-refractivity contribution in [1.82, 2.24) is 14.9 Å². The number of pyridine rings is 1. The van der Waals surface area contributed by atoms with E-state index in [1.54, 1.807) is 4.90 Å². The van der Waals surface area contributed by atoms with Gasteiger partial charge in [-0.2, -0.15) is 0 Å². The lowest BCUT2D eigenvalue weighted by molar-refractivity contribution is -0.127. The molecule has 2 unspecified atom stereocenters. The molecule has 1 fully saturated rings. The van der Waals surface area contributed by atoms with E-state index in [1.165, 1.54) is 32.2 Å². The molecular formula is C22H22N4O4. The van der Waals surface area contributed by atoms with Crippen LogP contribution < -0.4 is 14.8 Å². The number of anilines is 1. The first-order valence-electron chi connectivity index (χ1n) is 9.89. The number of ether oxygens (including phenoxy) is 2. The molecule has 2 atom stereocenters. The number of methoxy groups -OCH3 is 2. The average Bonchev–Trinajstić information content (AvgIpc) is 3.39. The van der Waals surface area contributed by atoms with E-state index in [9.17, 15) is 9.59 Å². The van der Waals surface area contributed by atoms with Crippen LogP contribution in [0, 0.1) is 0 Å². The van der Waals surface area contributed by atoms with E-state index in [4.69, 9.17) is 9.47 Å². The Morgan fingerprint density at radius 3 is 2.83 bits per heavy atom. The summed E-state index contributed by atoms with van der Waals surface area (Å²) >= 11 is 0. The molecule has 0 saturated carbocycles. The minimum absolute atomic E-state index is 0.188. The number of nitrogens with zero attached hydrogens (tertiary/aromatic N) is 2. The van der Waals surface area contributed by atoms with Gasteiger partial charge in [-0.15, -0.1) is 0 Å². The molecule has 8 nitrogen and oxygen atoms in total. The van der Waals surface area contributed by atoms with Gasteiger partial charge in [0.2, 0.25) is 5.88 Å². The number of fused-ring (bicyclic) bond motifs is 4. The maximum atomic E-state index is 13.2. The van der Waals surface area contributed by atoms with E-state index in [-0.39, 0.29) is 11.5 Å². The van der Waals surface area contributed by atoms with Crippen LogP contribution in [0.4, 0.5) is 5.69 Å². The van der Waals surface area contributed by atoms with Crippen molar-refractivity contribution in [2.24, 2.45) is 0 Å². The van der Waals surface area contributed by atoms with E-state index in [0.717, 1.165) is 12.1 Å². The molecule has 1 aromatic carbocycles. The molecule has 2 N–H and O–H groups in total. The molecule has 0 bridgehead atoms. The van der Waals surface area contributed by atoms with E-state index in [2.05, 4.69) is 27.4 Å². The van der Waals surface area contributed by atoms with Gasteiger partial charge in [0.1, 0.15) is 11.3 Å². The molecule has 154 valence electrons. The summed E-state index contributed by atoms with van der Waals surface area (Å²) in [7, 11) is 3.00. The highest BCUT2D eigenvalue weighted by Crippen LogP contribution is 2.40. The van der Waals surface area contributed by atoms with Gasteiger partial charge >= 0.3 is 0 Å². The molecule has 5 rings (SSSR count). The average molecular weight is 406 g/mol. The van der Waals surface area contributed by atoms with Crippen LogP contribution in [0.1, 0.15) is 28.3 Å². The first-order valence-corrected chi connectivity index (χ1v) is 9.89. The van der Waals surface area contributed by atoms with Crippen molar-refractivity contribution in [3.8, 4) is 11.6 Å². The zero-order chi connectivity index (χ0) is 20.8. The van der Waals surface area contributed by atoms with Gasteiger partial charge in [0.05, 0.1) is 31.4 Å². The lowest BCUT2D eigenvalue weighted by Gasteiger charge is -2.34. The largest absolute Gasteiger partial charge is 0.494 e. The number of aromatic nitrogens is 2. The number of likely N-dealkylation sites (tertiary alicyclic amines) is 1. The lowest BCUT2D eigenvalue weighted by Crippen LogP contribution is -2.47. The van der Waals surface area contributed by atoms with Crippen LogP contribution >= 0.6 is 0 Å². The molecule has 0 radical (unpaired) electrons. The van der Waals surface area contributed by atoms with Crippen LogP contribution in [-0.4, -0.2) is 59.9 Å². The Bertz CT molecular complexity index is 1160. The number of benzene rings is 1. The molecule has 4 heterocycles. The fraction of sp³-hybridized carbons (Fsp3) is 0.318. The van der Waals surface area contributed by atoms with Gasteiger partial charge in [-0.25, -0.2) is 4.98 Å². The predicted octanol–water partition coefficient (Wildman–Crippen LogP) is 2.57. The third-order valence-corrected chi connectivity index (χ3v) is 6.09. The topological polar surface area (TPSA) is 96.6 Å². The number of para-hydroxylation sites is 1. The Morgan fingerprint density at radius 1 is 1.20 bits per heavy atom. The fourth-order valence-corrected chi connectivity index (χ4v) is 4.62. The Balaban J connectivity index is 1.44. The van der Waals surface area contributed by atoms with Crippen molar-refractivity contribution >= 4 is 28.3 Å². The number of hydrogen-bond donors (Lipinski definition) is 2. The number of amides is 1. The highest BCUT2D eigenvalue weighted by Gasteiger charge is 2.39. The van der Waals surface area contributed by atoms with Crippen molar-refractivity contribution in [3.05, 3.63) is 47.8 Å². The molecule has 2 aromatic heterocycles. The van der Waals surface area contributed by atoms with Crippen molar-refractivity contribution < 1.29 is 19.1 Å². The van der Waals surface area contributed by atoms with E-state index in [1.807, 2.05) is 12.1 Å². The zero-order valence-electron chi connectivity index (χ0n) is 16.8. The number of aromatic amines is 1. The van der Waals surface area contributed by atoms with Gasteiger partial charge in [0.25, 0.3) is 11.7 Å². The zero-order valence-corrected chi connectivity index (χ0v) is 16.8. The summed E-state index contributed by atoms with van der Waals surface area (Å²) in [5, 5.41) is 4.04. The molecule has 1 amide bonds. The molecule has 3 aromatic rings. The second-order valence-electron chi connectivity index (χ2n) is 7.60. The predicted molar refractivity (Wildman–Crippen MR) is 111 cm³/mol. The maximum absolute atomic E-state index is 13.2. The van der Waals surface area contributed by atoms with Gasteiger partial charge in [0.15, 0.2) is 0 Å². The van der Waals surface area contributed by atoms with Crippen LogP contribution in [0.3, 0.4) is 0 Å². The number of carbonyl (C=O) groups excluding carboxylic acids is 2. The van der Waals surface area contributed by atoms with Crippen molar-refractivity contribution in [2.75, 3.05) is 32.6 Å². The normalized spacial score (nSPS) is 19.7. The van der Waals surface area contributed by atoms with Gasteiger partial charge in [-0.05, 0) is 18.1 Å². The van der Waals surface area contributed by atoms with Gasteiger partial charge in [-0.1, -0.05) is 18.2 Å². The standard InChI is InChI=1S/C22H22N4O4/c1-29-17-10-24-21(30-2)19-18(17)13(9-23-19)20(27)22(28)26-8-7-16-14(11-26)12-5-3-4-6-15(12)25-16/h3-6,9-10,14,16,23,25H,7-8,11H2,1-2H3. The molecule has 2 aliphatic heterocycles. The maximum Gasteiger partial charge on any atom is 0.295 e. The Hall–Kier alpha value is -3.55. The quantitative estimate of drug-likeness (QED) is 0.511. The molecular weight excluding hydrogens is 384 g/mol. The minimum Gasteiger partial charge on any atom is -0.494 e. The summed E-state index contributed by atoms with van der Waals surface area (Å²) in [5.41, 5.74) is 3.12. The number of rotatable bonds is 4. The van der Waals surface area contributed by atoms with Crippen LogP contribution in [0.5, 0.6) is 11.6 Å². The molecule has 0 aliphatic carbocycles. The minimum atomic E-state index is -0.564. The summed E-state index contributed by atoms with van der Waals surface area (Å²) in [6, 6.07) is 8.46. The van der Waals surface area contributed by atoms with Crippen molar-refractivity contribution in [1.29, 1.82) is 0 Å². The summed E-state index contributed by atoms with van der Waals surface area (Å²) < 4.78 is 10.6. The van der Waals surface area contributed by atoms with Crippen LogP contribution in [0.2, 0.25) is 0 Å². The van der Waals surface area contributed by atoms with E-state index in [0.29, 0.717) is 41.7 Å². The molecule has 0 spiro atoms. The second kappa shape index (κ2) is 7.05. The fourth-order valence-electron chi connectivity index (χ4n) is 4.62. The molecule has 1 saturated heterocycles. The van der Waals surface area contributed by atoms with Gasteiger partial charge < -0.3 is 24.7 Å². The van der Waals surface area contributed by atoms with Gasteiger partial charge in [-0.3, -0.25) is 9.59 Å². The summed E-state index contributed by atoms with van der Waals surface area (Å²) in [6.45, 7) is 1.06. The number of piperidine rings is 1. The molecule has 8 heteroatoms. The number of Topliss-reactive ketones (excluding diaryl/α,β-unsaturated/α-hetero) is 1. The van der Waals surface area contributed by atoms with Crippen molar-refractivity contribution in [3.63, 3.8) is 0 Å². The number of H-pyrrole nitrogens is 1. The third kappa shape index (κ3) is 2.71. The Kier molecular flexibility index (Phi) is 4.34. The third-order valence-electron chi connectivity index (χ3n) is 6.09. The van der Waals surface area contributed by atoms with E-state index < -0.39 is 11.7 Å². The monoisotopic (exact) mass is 406 g/mol. The van der Waals surface area contributed by atoms with Crippen molar-refractivity contribution in [2.45, 2.75) is 18.4 Å². The smallest absolute Gasteiger partial charge is 0.295 e. The molecule has 2 aliphatic rings. The highest BCUT2D eigenvalue weighted by molar-refractivity contribution is 6.45. The molecule has 30 heavy (non-hydrogen) atoms. The first-order chi connectivity index (χ1) is 14.6. The van der Waals surface area contributed by atoms with Crippen LogP contribution in [-0.2, 0) is 4.79 Å². The number of carbonyl (C=O) groups is 2. The first kappa shape index (κ1) is 18.5. The Labute approximate surface area is 173 Å². The van der Waals surface area contributed by atoms with Gasteiger partial charge in [0, 0.05) is 36.9 Å². The number of nitrogens with one attached hydrogen (secondary N) is 2. The number of hydrogen-bond acceptors (Lipinski definition) is 6. The van der Waals surface area contributed by atoms with Crippen LogP contribution in [0.15, 0.2) is 36.7 Å². The second-order valence-corrected chi connectivity index (χ2v) is 7.60. The highest BCUT2D eigenvalue weighted by atomic mass is 16.5. The Morgan fingerprint density at radius 2 is 2.03 bits per heavy atom. The summed E-state index contributed by atoms with van der Waals surface area (Å²) in [4.78, 5) is 35.2. The summed E-state index contributed by atoms with van der Waals surface area (Å²) in [6.07, 6.45) is 3.81. The van der Waals surface area contributed by atoms with Crippen LogP contribution in [0.25, 0.3) is 10.9 Å². The van der Waals surface area contributed by atoms with E-state index >= 15 is 0 Å². The summed E-state index contributed by atoms with van der Waals surface area (Å²) in [5.74, 6) is -0.127. The SMILES string of the molecule is COc1ncc(OC)c2c(C(=O)C(=O)N3CCC4Nc5ccccc5C4C3)c[nH]c12. The number of ketones is 1. The lowest BCUT2D eigenvalue weighted by atomic mass is 9.89.